The summed E-state index contributed by atoms with van der Waals surface area (Å²) in [6.45, 7) is 0.360. The molecule has 152 valence electrons. The van der Waals surface area contributed by atoms with Crippen molar-refractivity contribution in [3.05, 3.63) is 51.7 Å². The lowest BCUT2D eigenvalue weighted by atomic mass is 10.1. The van der Waals surface area contributed by atoms with E-state index < -0.39 is 12.0 Å². The van der Waals surface area contributed by atoms with E-state index in [1.54, 1.807) is 4.90 Å². The number of aryl methyl sites for hydroxylation is 2. The molecule has 1 aromatic carbocycles. The molecule has 1 fully saturated rings. The van der Waals surface area contributed by atoms with Crippen molar-refractivity contribution in [2.24, 2.45) is 5.92 Å². The van der Waals surface area contributed by atoms with Gasteiger partial charge >= 0.3 is 5.97 Å². The van der Waals surface area contributed by atoms with Crippen molar-refractivity contribution < 1.29 is 19.1 Å². The molecule has 2 unspecified atom stereocenters. The van der Waals surface area contributed by atoms with Gasteiger partial charge in [-0.3, -0.25) is 14.4 Å². The Morgan fingerprint density at radius 2 is 2.10 bits per heavy atom. The highest BCUT2D eigenvalue weighted by atomic mass is 32.1. The van der Waals surface area contributed by atoms with E-state index in [1.807, 2.05) is 23.6 Å². The van der Waals surface area contributed by atoms with E-state index in [4.69, 9.17) is 4.74 Å². The fourth-order valence-electron chi connectivity index (χ4n) is 4.11. The maximum atomic E-state index is 12.9. The number of nitrogens with one attached hydrogen (secondary N) is 1. The summed E-state index contributed by atoms with van der Waals surface area (Å²) < 4.78 is 4.77. The van der Waals surface area contributed by atoms with Crippen LogP contribution < -0.4 is 10.2 Å². The van der Waals surface area contributed by atoms with E-state index in [0.717, 1.165) is 29.8 Å². The molecule has 0 spiro atoms. The highest BCUT2D eigenvalue weighted by Gasteiger charge is 2.36. The van der Waals surface area contributed by atoms with E-state index >= 15 is 0 Å². The second-order valence-corrected chi connectivity index (χ2v) is 8.55. The van der Waals surface area contributed by atoms with E-state index in [9.17, 15) is 14.4 Å². The zero-order chi connectivity index (χ0) is 20.4. The molecule has 1 aliphatic heterocycles. The first-order chi connectivity index (χ1) is 14.0. The average molecular weight is 413 g/mol. The molecule has 2 amide bonds. The minimum Gasteiger partial charge on any atom is -0.469 e. The van der Waals surface area contributed by atoms with Crippen LogP contribution in [0.3, 0.4) is 0 Å². The number of hydrogen-bond acceptors (Lipinski definition) is 5. The molecule has 0 bridgehead atoms. The van der Waals surface area contributed by atoms with Crippen LogP contribution in [0.1, 0.15) is 41.3 Å². The number of esters is 1. The number of hydrogen-bond donors (Lipinski definition) is 1. The van der Waals surface area contributed by atoms with Gasteiger partial charge < -0.3 is 15.0 Å². The average Bonchev–Trinajstić information content (AvgIpc) is 3.47. The lowest BCUT2D eigenvalue weighted by Crippen LogP contribution is -2.36. The van der Waals surface area contributed by atoms with Gasteiger partial charge in [-0.25, -0.2) is 0 Å². The molecule has 2 atom stereocenters. The Morgan fingerprint density at radius 3 is 2.86 bits per heavy atom. The third-order valence-corrected chi connectivity index (χ3v) is 6.68. The van der Waals surface area contributed by atoms with Crippen molar-refractivity contribution >= 4 is 34.8 Å². The van der Waals surface area contributed by atoms with Gasteiger partial charge in [-0.1, -0.05) is 12.1 Å². The highest BCUT2D eigenvalue weighted by Crippen LogP contribution is 2.31. The summed E-state index contributed by atoms with van der Waals surface area (Å²) in [7, 11) is 1.33. The minimum atomic E-state index is -0.445. The number of thiophene rings is 1. The van der Waals surface area contributed by atoms with Crippen LogP contribution in [-0.4, -0.2) is 31.4 Å². The number of carbonyl (C=O) groups excluding carboxylic acids is 3. The molecule has 29 heavy (non-hydrogen) atoms. The van der Waals surface area contributed by atoms with Crippen LogP contribution in [0.5, 0.6) is 0 Å². The number of methoxy groups -OCH3 is 1. The fourth-order valence-corrected chi connectivity index (χ4v) is 4.89. The number of carbonyl (C=O) groups is 3. The first-order valence-electron chi connectivity index (χ1n) is 9.88. The number of rotatable bonds is 6. The van der Waals surface area contributed by atoms with E-state index in [0.29, 0.717) is 6.54 Å². The van der Waals surface area contributed by atoms with Crippen molar-refractivity contribution in [1.29, 1.82) is 0 Å². The summed E-state index contributed by atoms with van der Waals surface area (Å²) in [6.07, 6.45) is 3.54. The molecule has 0 radical (unpaired) electrons. The van der Waals surface area contributed by atoms with Gasteiger partial charge in [0.05, 0.1) is 25.5 Å². The third kappa shape index (κ3) is 4.19. The van der Waals surface area contributed by atoms with Gasteiger partial charge in [0.25, 0.3) is 0 Å². The molecule has 0 saturated carbocycles. The zero-order valence-corrected chi connectivity index (χ0v) is 17.2. The molecule has 1 N–H and O–H groups in total. The van der Waals surface area contributed by atoms with Gasteiger partial charge in [-0.15, -0.1) is 11.3 Å². The van der Waals surface area contributed by atoms with Crippen molar-refractivity contribution in [1.82, 2.24) is 5.32 Å². The molecule has 1 aromatic heterocycles. The summed E-state index contributed by atoms with van der Waals surface area (Å²) in [5.74, 6) is -1.06. The Balaban J connectivity index is 1.45. The van der Waals surface area contributed by atoms with Crippen molar-refractivity contribution in [2.45, 2.75) is 38.1 Å². The van der Waals surface area contributed by atoms with Gasteiger partial charge in [-0.2, -0.15) is 0 Å². The number of nitrogens with zero attached hydrogens (tertiary/aromatic N) is 1. The predicted molar refractivity (Wildman–Crippen MR) is 111 cm³/mol. The Kier molecular flexibility index (Phi) is 5.67. The van der Waals surface area contributed by atoms with Crippen LogP contribution in [0, 0.1) is 5.92 Å². The second kappa shape index (κ2) is 8.37. The van der Waals surface area contributed by atoms with Crippen LogP contribution in [0.4, 0.5) is 5.69 Å². The molecule has 2 aliphatic rings. The molecule has 6 nitrogen and oxygen atoms in total. The summed E-state index contributed by atoms with van der Waals surface area (Å²) in [5, 5.41) is 4.86. The lowest BCUT2D eigenvalue weighted by molar-refractivity contribution is -0.141. The first-order valence-corrected chi connectivity index (χ1v) is 10.8. The van der Waals surface area contributed by atoms with Crippen LogP contribution in [0.15, 0.2) is 35.7 Å². The molecular formula is C22H24N2O4S. The summed E-state index contributed by atoms with van der Waals surface area (Å²) in [4.78, 5) is 39.9. The van der Waals surface area contributed by atoms with Crippen LogP contribution >= 0.6 is 11.3 Å². The summed E-state index contributed by atoms with van der Waals surface area (Å²) in [6, 6.07) is 9.49. The van der Waals surface area contributed by atoms with Gasteiger partial charge in [-0.05, 0) is 54.0 Å². The van der Waals surface area contributed by atoms with Gasteiger partial charge in [0.2, 0.25) is 11.8 Å². The van der Waals surface area contributed by atoms with Crippen LogP contribution in [0.25, 0.3) is 0 Å². The van der Waals surface area contributed by atoms with E-state index in [1.165, 1.54) is 29.6 Å². The Bertz CT molecular complexity index is 925. The van der Waals surface area contributed by atoms with Gasteiger partial charge in [0.1, 0.15) is 0 Å². The predicted octanol–water partition coefficient (Wildman–Crippen LogP) is 3.01. The largest absolute Gasteiger partial charge is 0.469 e. The van der Waals surface area contributed by atoms with E-state index in [-0.39, 0.29) is 30.6 Å². The van der Waals surface area contributed by atoms with Crippen molar-refractivity contribution in [3.8, 4) is 0 Å². The molecule has 7 heteroatoms. The monoisotopic (exact) mass is 412 g/mol. The third-order valence-electron chi connectivity index (χ3n) is 5.69. The Morgan fingerprint density at radius 1 is 1.28 bits per heavy atom. The maximum absolute atomic E-state index is 12.9. The quantitative estimate of drug-likeness (QED) is 0.740. The topological polar surface area (TPSA) is 75.7 Å². The van der Waals surface area contributed by atoms with Crippen LogP contribution in [0.2, 0.25) is 0 Å². The number of ether oxygens (including phenoxy) is 1. The summed E-state index contributed by atoms with van der Waals surface area (Å²) in [5.41, 5.74) is 3.53. The standard InChI is InChI=1S/C22H24N2O4S/c1-28-21(26)12-18(19-6-3-9-29-19)23-22(27)16-11-20(25)24(13-16)17-8-7-14-4-2-5-15(14)10-17/h3,6-10,16,18H,2,4-5,11-13H2,1H3,(H,23,27). The number of benzene rings is 1. The maximum Gasteiger partial charge on any atom is 0.307 e. The van der Waals surface area contributed by atoms with Crippen molar-refractivity contribution in [2.75, 3.05) is 18.6 Å². The summed E-state index contributed by atoms with van der Waals surface area (Å²) >= 11 is 1.48. The fraction of sp³-hybridized carbons (Fsp3) is 0.409. The number of fused-ring (bicyclic) bond motifs is 1. The molecule has 4 rings (SSSR count). The van der Waals surface area contributed by atoms with Crippen molar-refractivity contribution in [3.63, 3.8) is 0 Å². The number of anilines is 1. The van der Waals surface area contributed by atoms with E-state index in [2.05, 4.69) is 17.4 Å². The molecular weight excluding hydrogens is 388 g/mol. The molecule has 2 aromatic rings. The first kappa shape index (κ1) is 19.6. The second-order valence-electron chi connectivity index (χ2n) is 7.57. The van der Waals surface area contributed by atoms with Crippen LogP contribution in [-0.2, 0) is 32.0 Å². The van der Waals surface area contributed by atoms with Gasteiger partial charge in [0.15, 0.2) is 0 Å². The zero-order valence-electron chi connectivity index (χ0n) is 16.3. The Labute approximate surface area is 173 Å². The molecule has 2 heterocycles. The minimum absolute atomic E-state index is 0.0382. The smallest absolute Gasteiger partial charge is 0.307 e. The number of amides is 2. The molecule has 1 saturated heterocycles. The Hall–Kier alpha value is -2.67. The normalized spacial score (nSPS) is 19.1. The molecule has 1 aliphatic carbocycles. The SMILES string of the molecule is COC(=O)CC(NC(=O)C1CC(=O)N(c2ccc3c(c2)CCC3)C1)c1cccs1. The highest BCUT2D eigenvalue weighted by molar-refractivity contribution is 7.10. The van der Waals surface area contributed by atoms with Gasteiger partial charge in [0, 0.05) is 23.5 Å². The lowest BCUT2D eigenvalue weighted by Gasteiger charge is -2.20.